The number of halogens is 1. The number of aliphatic hydroxyl groups excluding tert-OH is 1. The van der Waals surface area contributed by atoms with Crippen molar-refractivity contribution in [2.24, 2.45) is 0 Å². The average Bonchev–Trinajstić information content (AvgIpc) is 2.33. The SMILES string of the molecule is CS[C@@H](CO)[C@@H](C)NC(=O)Cc1ccc(Cl)cc1. The molecule has 0 bridgehead atoms. The van der Waals surface area contributed by atoms with Crippen molar-refractivity contribution in [1.29, 1.82) is 0 Å². The highest BCUT2D eigenvalue weighted by Crippen LogP contribution is 2.12. The van der Waals surface area contributed by atoms with E-state index in [0.29, 0.717) is 11.4 Å². The molecule has 0 saturated heterocycles. The van der Waals surface area contributed by atoms with Gasteiger partial charge < -0.3 is 10.4 Å². The largest absolute Gasteiger partial charge is 0.395 e. The Hall–Kier alpha value is -0.710. The molecule has 3 nitrogen and oxygen atoms in total. The first-order valence-electron chi connectivity index (χ1n) is 5.74. The molecule has 0 heterocycles. The number of benzene rings is 1. The predicted octanol–water partition coefficient (Wildman–Crippen LogP) is 2.11. The fraction of sp³-hybridized carbons (Fsp3) is 0.462. The van der Waals surface area contributed by atoms with Gasteiger partial charge in [-0.15, -0.1) is 0 Å². The molecule has 0 aliphatic heterocycles. The number of thioether (sulfide) groups is 1. The maximum Gasteiger partial charge on any atom is 0.224 e. The lowest BCUT2D eigenvalue weighted by Gasteiger charge is -2.21. The predicted molar refractivity (Wildman–Crippen MR) is 77.1 cm³/mol. The van der Waals surface area contributed by atoms with Crippen molar-refractivity contribution in [3.63, 3.8) is 0 Å². The van der Waals surface area contributed by atoms with E-state index in [4.69, 9.17) is 16.7 Å². The zero-order valence-electron chi connectivity index (χ0n) is 10.5. The molecule has 2 atom stereocenters. The second-order valence-electron chi connectivity index (χ2n) is 4.12. The molecule has 0 radical (unpaired) electrons. The minimum atomic E-state index is -0.0511. The maximum absolute atomic E-state index is 11.8. The Bertz CT molecular complexity index is 379. The Morgan fingerprint density at radius 2 is 2.06 bits per heavy atom. The van der Waals surface area contributed by atoms with E-state index >= 15 is 0 Å². The van der Waals surface area contributed by atoms with Crippen LogP contribution in [0.15, 0.2) is 24.3 Å². The van der Waals surface area contributed by atoms with Crippen LogP contribution in [-0.4, -0.2) is 35.2 Å². The first-order chi connectivity index (χ1) is 8.56. The quantitative estimate of drug-likeness (QED) is 0.842. The summed E-state index contributed by atoms with van der Waals surface area (Å²) in [6.45, 7) is 1.96. The van der Waals surface area contributed by atoms with E-state index in [1.165, 1.54) is 0 Å². The maximum atomic E-state index is 11.8. The Balaban J connectivity index is 2.48. The van der Waals surface area contributed by atoms with Gasteiger partial charge in [0.2, 0.25) is 5.91 Å². The van der Waals surface area contributed by atoms with Crippen LogP contribution in [0.5, 0.6) is 0 Å². The Labute approximate surface area is 117 Å². The van der Waals surface area contributed by atoms with Gasteiger partial charge in [-0.2, -0.15) is 11.8 Å². The van der Waals surface area contributed by atoms with E-state index in [0.717, 1.165) is 5.56 Å². The highest BCUT2D eigenvalue weighted by atomic mass is 35.5. The van der Waals surface area contributed by atoms with Gasteiger partial charge in [0.1, 0.15) is 0 Å². The molecule has 0 fully saturated rings. The molecule has 0 aliphatic rings. The van der Waals surface area contributed by atoms with Crippen molar-refractivity contribution in [3.8, 4) is 0 Å². The molecular weight excluding hydrogens is 270 g/mol. The first kappa shape index (κ1) is 15.3. The number of carbonyl (C=O) groups excluding carboxylic acids is 1. The van der Waals surface area contributed by atoms with Crippen LogP contribution >= 0.6 is 23.4 Å². The smallest absolute Gasteiger partial charge is 0.224 e. The van der Waals surface area contributed by atoms with Gasteiger partial charge in [-0.05, 0) is 30.9 Å². The molecule has 5 heteroatoms. The van der Waals surface area contributed by atoms with Gasteiger partial charge in [-0.1, -0.05) is 23.7 Å². The lowest BCUT2D eigenvalue weighted by molar-refractivity contribution is -0.121. The molecule has 2 N–H and O–H groups in total. The Morgan fingerprint density at radius 3 is 2.56 bits per heavy atom. The Morgan fingerprint density at radius 1 is 1.44 bits per heavy atom. The summed E-state index contributed by atoms with van der Waals surface area (Å²) in [4.78, 5) is 11.8. The molecule has 0 unspecified atom stereocenters. The lowest BCUT2D eigenvalue weighted by atomic mass is 10.1. The minimum Gasteiger partial charge on any atom is -0.395 e. The summed E-state index contributed by atoms with van der Waals surface area (Å²) in [5.41, 5.74) is 0.925. The fourth-order valence-electron chi connectivity index (χ4n) is 1.62. The number of nitrogens with one attached hydrogen (secondary N) is 1. The summed E-state index contributed by atoms with van der Waals surface area (Å²) in [5, 5.41) is 12.7. The van der Waals surface area contributed by atoms with Crippen molar-refractivity contribution in [2.75, 3.05) is 12.9 Å². The number of amides is 1. The molecule has 0 aliphatic carbocycles. The topological polar surface area (TPSA) is 49.3 Å². The summed E-state index contributed by atoms with van der Waals surface area (Å²) >= 11 is 7.33. The fourth-order valence-corrected chi connectivity index (χ4v) is 2.37. The number of hydrogen-bond acceptors (Lipinski definition) is 3. The molecule has 0 saturated carbocycles. The molecule has 1 rings (SSSR count). The van der Waals surface area contributed by atoms with Gasteiger partial charge in [0.05, 0.1) is 13.0 Å². The van der Waals surface area contributed by atoms with Crippen molar-refractivity contribution in [3.05, 3.63) is 34.9 Å². The summed E-state index contributed by atoms with van der Waals surface area (Å²) in [7, 11) is 0. The van der Waals surface area contributed by atoms with E-state index in [1.54, 1.807) is 23.9 Å². The van der Waals surface area contributed by atoms with Gasteiger partial charge >= 0.3 is 0 Å². The summed E-state index contributed by atoms with van der Waals surface area (Å²) in [6.07, 6.45) is 2.25. The van der Waals surface area contributed by atoms with Gasteiger partial charge in [-0.3, -0.25) is 4.79 Å². The van der Waals surface area contributed by atoms with E-state index in [9.17, 15) is 4.79 Å². The third-order valence-electron chi connectivity index (χ3n) is 2.71. The van der Waals surface area contributed by atoms with Crippen LogP contribution < -0.4 is 5.32 Å². The number of rotatable bonds is 6. The van der Waals surface area contributed by atoms with Crippen molar-refractivity contribution in [1.82, 2.24) is 5.32 Å². The molecule has 1 aromatic carbocycles. The molecule has 0 spiro atoms. The molecular formula is C13H18ClNO2S. The Kier molecular flexibility index (Phi) is 6.54. The van der Waals surface area contributed by atoms with Crippen molar-refractivity contribution < 1.29 is 9.90 Å². The normalized spacial score (nSPS) is 14.0. The van der Waals surface area contributed by atoms with E-state index in [2.05, 4.69) is 5.32 Å². The molecule has 0 aromatic heterocycles. The standard InChI is InChI=1S/C13H18ClNO2S/c1-9(12(8-16)18-2)15-13(17)7-10-3-5-11(14)6-4-10/h3-6,9,12,16H,7-8H2,1-2H3,(H,15,17)/t9-,12+/m1/s1. The second kappa shape index (κ2) is 7.67. The summed E-state index contributed by atoms with van der Waals surface area (Å²) in [6, 6.07) is 7.16. The van der Waals surface area contributed by atoms with Gasteiger partial charge in [0, 0.05) is 16.3 Å². The highest BCUT2D eigenvalue weighted by Gasteiger charge is 2.17. The van der Waals surface area contributed by atoms with E-state index in [1.807, 2.05) is 25.3 Å². The number of carbonyl (C=O) groups is 1. The average molecular weight is 288 g/mol. The number of aliphatic hydroxyl groups is 1. The highest BCUT2D eigenvalue weighted by molar-refractivity contribution is 7.99. The zero-order chi connectivity index (χ0) is 13.5. The van der Waals surface area contributed by atoms with Gasteiger partial charge in [0.15, 0.2) is 0 Å². The van der Waals surface area contributed by atoms with Crippen LogP contribution in [0.4, 0.5) is 0 Å². The van der Waals surface area contributed by atoms with Crippen LogP contribution in [0.1, 0.15) is 12.5 Å². The third kappa shape index (κ3) is 4.88. The van der Waals surface area contributed by atoms with Gasteiger partial charge in [-0.25, -0.2) is 0 Å². The zero-order valence-corrected chi connectivity index (χ0v) is 12.1. The monoisotopic (exact) mass is 287 g/mol. The molecule has 18 heavy (non-hydrogen) atoms. The minimum absolute atomic E-state index is 0.0270. The third-order valence-corrected chi connectivity index (χ3v) is 4.12. The lowest BCUT2D eigenvalue weighted by Crippen LogP contribution is -2.41. The summed E-state index contributed by atoms with van der Waals surface area (Å²) in [5.74, 6) is -0.0441. The van der Waals surface area contributed by atoms with Crippen LogP contribution in [0.3, 0.4) is 0 Å². The van der Waals surface area contributed by atoms with Gasteiger partial charge in [0.25, 0.3) is 0 Å². The van der Waals surface area contributed by atoms with E-state index < -0.39 is 0 Å². The molecule has 100 valence electrons. The van der Waals surface area contributed by atoms with Crippen LogP contribution in [-0.2, 0) is 11.2 Å². The first-order valence-corrected chi connectivity index (χ1v) is 7.41. The molecule has 1 aromatic rings. The van der Waals surface area contributed by atoms with Crippen LogP contribution in [0.2, 0.25) is 5.02 Å². The van der Waals surface area contributed by atoms with Crippen LogP contribution in [0.25, 0.3) is 0 Å². The van der Waals surface area contributed by atoms with Crippen LogP contribution in [0, 0.1) is 0 Å². The van der Waals surface area contributed by atoms with Crippen molar-refractivity contribution >= 4 is 29.3 Å². The molecule has 1 amide bonds. The summed E-state index contributed by atoms with van der Waals surface area (Å²) < 4.78 is 0. The number of hydrogen-bond donors (Lipinski definition) is 2. The second-order valence-corrected chi connectivity index (χ2v) is 5.63. The van der Waals surface area contributed by atoms with Crippen molar-refractivity contribution in [2.45, 2.75) is 24.6 Å². The van der Waals surface area contributed by atoms with E-state index in [-0.39, 0.29) is 23.8 Å².